The van der Waals surface area contributed by atoms with Crippen LogP contribution >= 0.6 is 11.3 Å². The van der Waals surface area contributed by atoms with Crippen molar-refractivity contribution in [2.45, 2.75) is 19.8 Å². The maximum atomic E-state index is 4.84. The van der Waals surface area contributed by atoms with Crippen LogP contribution in [0.5, 0.6) is 0 Å². The third-order valence-corrected chi connectivity index (χ3v) is 6.64. The van der Waals surface area contributed by atoms with Gasteiger partial charge >= 0.3 is 0 Å². The number of aromatic nitrogens is 3. The van der Waals surface area contributed by atoms with Crippen molar-refractivity contribution in [2.75, 3.05) is 18.0 Å². The summed E-state index contributed by atoms with van der Waals surface area (Å²) < 4.78 is 5.33. The molecule has 2 aromatic heterocycles. The molecule has 0 saturated carbocycles. The number of aryl methyl sites for hydroxylation is 2. The molecular formula is C23H24N6S. The lowest BCUT2D eigenvalue weighted by atomic mass is 10.2. The molecule has 0 unspecified atom stereocenters. The summed E-state index contributed by atoms with van der Waals surface area (Å²) in [5, 5.41) is 13.8. The zero-order chi connectivity index (χ0) is 20.5. The Labute approximate surface area is 179 Å². The van der Waals surface area contributed by atoms with Gasteiger partial charge in [-0.1, -0.05) is 41.7 Å². The van der Waals surface area contributed by atoms with Gasteiger partial charge in [0.05, 0.1) is 33.4 Å². The highest BCUT2D eigenvalue weighted by atomic mass is 32.1. The number of fused-ring (bicyclic) bond motifs is 1. The standard InChI is InChI=1S/C23H24N6S/c1-17-19(16-24-25-23-27(2)20-12-6-7-13-21(20)30-23)22(28-14-8-9-15-28)29(26-17)18-10-4-3-5-11-18/h3-7,10-13,16H,8-9,14-15H2,1-2H3/b24-16-,25-23+. The highest BCUT2D eigenvalue weighted by Crippen LogP contribution is 2.29. The molecule has 0 amide bonds. The van der Waals surface area contributed by atoms with Crippen LogP contribution in [0.25, 0.3) is 15.9 Å². The molecule has 30 heavy (non-hydrogen) atoms. The van der Waals surface area contributed by atoms with Crippen LogP contribution in [0.15, 0.2) is 64.8 Å². The average Bonchev–Trinajstić information content (AvgIpc) is 3.48. The SMILES string of the molecule is Cc1nn(-c2ccccc2)c(N2CCCC2)c1/C=N\N=c1\sc2ccccc2n1C. The molecule has 0 N–H and O–H groups in total. The second-order valence-corrected chi connectivity index (χ2v) is 8.53. The Balaban J connectivity index is 1.58. The maximum absolute atomic E-state index is 4.84. The van der Waals surface area contributed by atoms with Crippen molar-refractivity contribution in [3.8, 4) is 5.69 Å². The van der Waals surface area contributed by atoms with Crippen molar-refractivity contribution in [2.24, 2.45) is 17.3 Å². The zero-order valence-electron chi connectivity index (χ0n) is 17.2. The van der Waals surface area contributed by atoms with Gasteiger partial charge in [0.25, 0.3) is 0 Å². The minimum atomic E-state index is 0.878. The normalized spacial score (nSPS) is 15.1. The average molecular weight is 417 g/mol. The molecule has 3 heterocycles. The molecular weight excluding hydrogens is 392 g/mol. The van der Waals surface area contributed by atoms with Gasteiger partial charge in [0.15, 0.2) is 0 Å². The monoisotopic (exact) mass is 416 g/mol. The van der Waals surface area contributed by atoms with Crippen LogP contribution in [-0.2, 0) is 7.05 Å². The quantitative estimate of drug-likeness (QED) is 0.368. The molecule has 6 nitrogen and oxygen atoms in total. The van der Waals surface area contributed by atoms with Gasteiger partial charge < -0.3 is 9.47 Å². The fourth-order valence-electron chi connectivity index (χ4n) is 3.97. The van der Waals surface area contributed by atoms with E-state index < -0.39 is 0 Å². The predicted octanol–water partition coefficient (Wildman–Crippen LogP) is 4.27. The van der Waals surface area contributed by atoms with Gasteiger partial charge in [0, 0.05) is 20.1 Å². The highest BCUT2D eigenvalue weighted by Gasteiger charge is 2.23. The number of thiazole rings is 1. The van der Waals surface area contributed by atoms with Gasteiger partial charge in [0.1, 0.15) is 5.82 Å². The highest BCUT2D eigenvalue weighted by molar-refractivity contribution is 7.16. The van der Waals surface area contributed by atoms with Crippen LogP contribution in [0, 0.1) is 6.92 Å². The van der Waals surface area contributed by atoms with E-state index in [4.69, 9.17) is 5.10 Å². The summed E-state index contributed by atoms with van der Waals surface area (Å²) in [6, 6.07) is 18.6. The largest absolute Gasteiger partial charge is 0.356 e. The lowest BCUT2D eigenvalue weighted by Crippen LogP contribution is -2.22. The van der Waals surface area contributed by atoms with Crippen molar-refractivity contribution < 1.29 is 0 Å². The number of nitrogens with zero attached hydrogens (tertiary/aromatic N) is 6. The topological polar surface area (TPSA) is 50.7 Å². The van der Waals surface area contributed by atoms with E-state index in [0.29, 0.717) is 0 Å². The summed E-state index contributed by atoms with van der Waals surface area (Å²) in [5.74, 6) is 1.11. The van der Waals surface area contributed by atoms with Crippen LogP contribution in [0.2, 0.25) is 0 Å². The Hall–Kier alpha value is -3.19. The zero-order valence-corrected chi connectivity index (χ0v) is 18.0. The van der Waals surface area contributed by atoms with Crippen molar-refractivity contribution in [1.29, 1.82) is 0 Å². The predicted molar refractivity (Wildman–Crippen MR) is 124 cm³/mol. The third kappa shape index (κ3) is 3.35. The van der Waals surface area contributed by atoms with E-state index in [9.17, 15) is 0 Å². The van der Waals surface area contributed by atoms with Crippen LogP contribution in [0.1, 0.15) is 24.1 Å². The van der Waals surface area contributed by atoms with Crippen molar-refractivity contribution in [3.05, 3.63) is 70.7 Å². The second kappa shape index (κ2) is 7.91. The third-order valence-electron chi connectivity index (χ3n) is 5.53. The van der Waals surface area contributed by atoms with Gasteiger partial charge in [0.2, 0.25) is 4.80 Å². The molecule has 5 rings (SSSR count). The number of hydrogen-bond acceptors (Lipinski definition) is 5. The Morgan fingerprint density at radius 3 is 2.50 bits per heavy atom. The van der Waals surface area contributed by atoms with Crippen LogP contribution in [0.4, 0.5) is 5.82 Å². The Morgan fingerprint density at radius 1 is 1.00 bits per heavy atom. The smallest absolute Gasteiger partial charge is 0.211 e. The van der Waals surface area contributed by atoms with E-state index in [-0.39, 0.29) is 0 Å². The fourth-order valence-corrected chi connectivity index (χ4v) is 4.95. The van der Waals surface area contributed by atoms with Crippen molar-refractivity contribution >= 4 is 33.6 Å². The molecule has 0 aliphatic carbocycles. The van der Waals surface area contributed by atoms with E-state index in [0.717, 1.165) is 40.7 Å². The first-order valence-corrected chi connectivity index (χ1v) is 11.1. The lowest BCUT2D eigenvalue weighted by molar-refractivity contribution is 0.815. The molecule has 0 radical (unpaired) electrons. The summed E-state index contributed by atoms with van der Waals surface area (Å²) in [7, 11) is 2.03. The van der Waals surface area contributed by atoms with Crippen molar-refractivity contribution in [1.82, 2.24) is 14.3 Å². The molecule has 1 saturated heterocycles. The number of anilines is 1. The Kier molecular flexibility index (Phi) is 4.96. The molecule has 4 aromatic rings. The molecule has 7 heteroatoms. The van der Waals surface area contributed by atoms with E-state index in [1.165, 1.54) is 23.1 Å². The van der Waals surface area contributed by atoms with Crippen molar-refractivity contribution in [3.63, 3.8) is 0 Å². The first-order valence-electron chi connectivity index (χ1n) is 10.2. The minimum absolute atomic E-state index is 0.878. The molecule has 0 bridgehead atoms. The Morgan fingerprint density at radius 2 is 1.73 bits per heavy atom. The summed E-state index contributed by atoms with van der Waals surface area (Å²) in [4.78, 5) is 3.29. The van der Waals surface area contributed by atoms with Gasteiger partial charge in [-0.2, -0.15) is 10.2 Å². The molecule has 2 aromatic carbocycles. The van der Waals surface area contributed by atoms with Crippen LogP contribution in [-0.4, -0.2) is 33.7 Å². The molecule has 0 spiro atoms. The second-order valence-electron chi connectivity index (χ2n) is 7.52. The summed E-state index contributed by atoms with van der Waals surface area (Å²) in [5.41, 5.74) is 4.23. The van der Waals surface area contributed by atoms with Gasteiger partial charge in [-0.25, -0.2) is 4.68 Å². The molecule has 1 aliphatic rings. The van der Waals surface area contributed by atoms with E-state index in [2.05, 4.69) is 50.0 Å². The Bertz CT molecular complexity index is 1270. The molecule has 152 valence electrons. The van der Waals surface area contributed by atoms with Crippen LogP contribution < -0.4 is 9.70 Å². The minimum Gasteiger partial charge on any atom is -0.356 e. The summed E-state index contributed by atoms with van der Waals surface area (Å²) in [6.45, 7) is 4.13. The summed E-state index contributed by atoms with van der Waals surface area (Å²) in [6.07, 6.45) is 4.27. The summed E-state index contributed by atoms with van der Waals surface area (Å²) >= 11 is 1.65. The number of rotatable bonds is 4. The van der Waals surface area contributed by atoms with Gasteiger partial charge in [-0.3, -0.25) is 0 Å². The lowest BCUT2D eigenvalue weighted by Gasteiger charge is -2.20. The van der Waals surface area contributed by atoms with E-state index in [1.807, 2.05) is 49.1 Å². The van der Waals surface area contributed by atoms with Gasteiger partial charge in [-0.05, 0) is 44.0 Å². The first-order chi connectivity index (χ1) is 14.7. The number of hydrogen-bond donors (Lipinski definition) is 0. The van der Waals surface area contributed by atoms with E-state index in [1.54, 1.807) is 11.3 Å². The molecule has 1 aliphatic heterocycles. The number of para-hydroxylation sites is 2. The molecule has 0 atom stereocenters. The maximum Gasteiger partial charge on any atom is 0.211 e. The van der Waals surface area contributed by atoms with Gasteiger partial charge in [-0.15, -0.1) is 5.10 Å². The van der Waals surface area contributed by atoms with E-state index >= 15 is 0 Å². The fraction of sp³-hybridized carbons (Fsp3) is 0.261. The first kappa shape index (κ1) is 18.8. The number of benzene rings is 2. The van der Waals surface area contributed by atoms with Crippen LogP contribution in [0.3, 0.4) is 0 Å². The molecule has 1 fully saturated rings.